The van der Waals surface area contributed by atoms with Crippen molar-refractivity contribution in [2.24, 2.45) is 5.10 Å². The summed E-state index contributed by atoms with van der Waals surface area (Å²) >= 11 is 5.79. The highest BCUT2D eigenvalue weighted by Crippen LogP contribution is 2.28. The number of non-ortho nitro benzene ring substituents is 1. The van der Waals surface area contributed by atoms with Gasteiger partial charge in [-0.25, -0.2) is 8.42 Å². The van der Waals surface area contributed by atoms with Gasteiger partial charge in [0.2, 0.25) is 0 Å². The molecule has 0 radical (unpaired) electrons. The van der Waals surface area contributed by atoms with Gasteiger partial charge in [-0.05, 0) is 42.5 Å². The van der Waals surface area contributed by atoms with E-state index < -0.39 is 14.9 Å². The minimum Gasteiger partial charge on any atom is -0.463 e. The van der Waals surface area contributed by atoms with Crippen LogP contribution in [0.15, 0.2) is 75.3 Å². The van der Waals surface area contributed by atoms with E-state index in [0.29, 0.717) is 10.8 Å². The van der Waals surface area contributed by atoms with Crippen LogP contribution in [0.2, 0.25) is 5.02 Å². The van der Waals surface area contributed by atoms with Gasteiger partial charge < -0.3 is 4.42 Å². The van der Waals surface area contributed by atoms with Crippen molar-refractivity contribution in [1.82, 2.24) is 0 Å². The van der Waals surface area contributed by atoms with Crippen LogP contribution in [0.1, 0.15) is 5.76 Å². The lowest BCUT2D eigenvalue weighted by atomic mass is 10.3. The molecule has 0 unspecified atom stereocenters. The summed E-state index contributed by atoms with van der Waals surface area (Å²) in [6, 6.07) is 12.7. The Morgan fingerprint density at radius 3 is 2.54 bits per heavy atom. The van der Waals surface area contributed by atoms with Gasteiger partial charge in [0.25, 0.3) is 15.7 Å². The molecule has 0 atom stereocenters. The van der Waals surface area contributed by atoms with E-state index in [4.69, 9.17) is 16.0 Å². The van der Waals surface area contributed by atoms with E-state index in [-0.39, 0.29) is 22.0 Å². The number of anilines is 2. The number of hydrogen-bond acceptors (Lipinski definition) is 7. The highest BCUT2D eigenvalue weighted by molar-refractivity contribution is 7.92. The predicted molar refractivity (Wildman–Crippen MR) is 105 cm³/mol. The molecule has 0 amide bonds. The lowest BCUT2D eigenvalue weighted by molar-refractivity contribution is -0.385. The third-order valence-electron chi connectivity index (χ3n) is 3.48. The first kappa shape index (κ1) is 19.4. The molecule has 3 aromatic rings. The number of benzene rings is 2. The summed E-state index contributed by atoms with van der Waals surface area (Å²) in [4.78, 5) is 10.0. The van der Waals surface area contributed by atoms with E-state index >= 15 is 0 Å². The number of nitro groups is 1. The first-order valence-corrected chi connectivity index (χ1v) is 9.61. The van der Waals surface area contributed by atoms with Crippen LogP contribution in [0.5, 0.6) is 0 Å². The van der Waals surface area contributed by atoms with Crippen LogP contribution in [0, 0.1) is 10.1 Å². The molecular weight excluding hydrogens is 408 g/mol. The van der Waals surface area contributed by atoms with Crippen molar-refractivity contribution in [3.63, 3.8) is 0 Å². The third kappa shape index (κ3) is 4.67. The monoisotopic (exact) mass is 420 g/mol. The molecule has 11 heteroatoms. The summed E-state index contributed by atoms with van der Waals surface area (Å²) in [7, 11) is -4.15. The zero-order valence-electron chi connectivity index (χ0n) is 14.1. The van der Waals surface area contributed by atoms with Crippen LogP contribution in [-0.4, -0.2) is 19.6 Å². The van der Waals surface area contributed by atoms with Gasteiger partial charge in [0.05, 0.1) is 23.1 Å². The molecule has 0 spiro atoms. The highest BCUT2D eigenvalue weighted by Gasteiger charge is 2.22. The lowest BCUT2D eigenvalue weighted by Gasteiger charge is -2.12. The summed E-state index contributed by atoms with van der Waals surface area (Å²) in [6.45, 7) is 0. The number of nitrogens with zero attached hydrogens (tertiary/aromatic N) is 2. The maximum absolute atomic E-state index is 12.8. The van der Waals surface area contributed by atoms with Gasteiger partial charge in [0.1, 0.15) is 10.7 Å². The molecule has 0 aliphatic rings. The van der Waals surface area contributed by atoms with E-state index in [2.05, 4.69) is 15.2 Å². The molecule has 144 valence electrons. The Hall–Kier alpha value is -3.37. The van der Waals surface area contributed by atoms with Gasteiger partial charge >= 0.3 is 0 Å². The molecule has 0 saturated carbocycles. The van der Waals surface area contributed by atoms with E-state index in [1.165, 1.54) is 48.9 Å². The van der Waals surface area contributed by atoms with Crippen LogP contribution < -0.4 is 10.1 Å². The number of rotatable bonds is 7. The average Bonchev–Trinajstić information content (AvgIpc) is 3.17. The van der Waals surface area contributed by atoms with Gasteiger partial charge in [0, 0.05) is 22.8 Å². The first-order chi connectivity index (χ1) is 13.3. The molecule has 0 bridgehead atoms. The molecule has 9 nitrogen and oxygen atoms in total. The van der Waals surface area contributed by atoms with Crippen molar-refractivity contribution < 1.29 is 17.8 Å². The molecule has 1 aromatic heterocycles. The minimum absolute atomic E-state index is 0.0508. The summed E-state index contributed by atoms with van der Waals surface area (Å²) in [6.07, 6.45) is 2.80. The SMILES string of the molecule is O=[N+]([O-])c1ccc(N/N=C/c2ccco2)c(S(=O)(=O)Nc2ccc(Cl)cc2)c1. The van der Waals surface area contributed by atoms with Gasteiger partial charge in [-0.15, -0.1) is 0 Å². The molecular formula is C17H13ClN4O5S. The Morgan fingerprint density at radius 1 is 1.14 bits per heavy atom. The van der Waals surface area contributed by atoms with Crippen LogP contribution >= 0.6 is 11.6 Å². The van der Waals surface area contributed by atoms with Crippen LogP contribution in [0.4, 0.5) is 17.1 Å². The van der Waals surface area contributed by atoms with Gasteiger partial charge in [-0.3, -0.25) is 20.3 Å². The maximum Gasteiger partial charge on any atom is 0.270 e. The first-order valence-electron chi connectivity index (χ1n) is 7.74. The Labute approximate surface area is 164 Å². The summed E-state index contributed by atoms with van der Waals surface area (Å²) in [5.41, 5.74) is 2.49. The van der Waals surface area contributed by atoms with Crippen molar-refractivity contribution in [1.29, 1.82) is 0 Å². The largest absolute Gasteiger partial charge is 0.463 e. The molecule has 28 heavy (non-hydrogen) atoms. The van der Waals surface area contributed by atoms with Gasteiger partial charge in [-0.1, -0.05) is 11.6 Å². The Balaban J connectivity index is 1.94. The second-order valence-electron chi connectivity index (χ2n) is 5.44. The molecule has 2 N–H and O–H groups in total. The zero-order chi connectivity index (χ0) is 20.1. The number of nitro benzene ring substituents is 1. The molecule has 1 heterocycles. The smallest absolute Gasteiger partial charge is 0.270 e. The van der Waals surface area contributed by atoms with Gasteiger partial charge in [0.15, 0.2) is 0 Å². The van der Waals surface area contributed by atoms with Crippen LogP contribution in [0.3, 0.4) is 0 Å². The minimum atomic E-state index is -4.15. The number of hydrogen-bond donors (Lipinski definition) is 2. The summed E-state index contributed by atoms with van der Waals surface area (Å²) < 4.78 is 33.0. The van der Waals surface area contributed by atoms with Gasteiger partial charge in [-0.2, -0.15) is 5.10 Å². The number of sulfonamides is 1. The van der Waals surface area contributed by atoms with Crippen molar-refractivity contribution in [3.05, 3.63) is 81.8 Å². The lowest BCUT2D eigenvalue weighted by Crippen LogP contribution is -2.15. The second-order valence-corrected chi connectivity index (χ2v) is 7.52. The van der Waals surface area contributed by atoms with E-state index in [9.17, 15) is 18.5 Å². The highest BCUT2D eigenvalue weighted by atomic mass is 35.5. The number of hydrazone groups is 1. The Kier molecular flexibility index (Phi) is 5.62. The fourth-order valence-electron chi connectivity index (χ4n) is 2.20. The fourth-order valence-corrected chi connectivity index (χ4v) is 3.56. The zero-order valence-corrected chi connectivity index (χ0v) is 15.6. The van der Waals surface area contributed by atoms with Crippen LogP contribution in [-0.2, 0) is 10.0 Å². The standard InChI is InChI=1S/C17H13ClN4O5S/c18-12-3-5-13(6-4-12)21-28(25,26)17-10-14(22(23)24)7-8-16(17)20-19-11-15-2-1-9-27-15/h1-11,20-21H/b19-11+. The van der Waals surface area contributed by atoms with E-state index in [0.717, 1.165) is 6.07 Å². The van der Waals surface area contributed by atoms with E-state index in [1.54, 1.807) is 12.1 Å². The second kappa shape index (κ2) is 8.11. The van der Waals surface area contributed by atoms with Crippen molar-refractivity contribution in [2.75, 3.05) is 10.1 Å². The van der Waals surface area contributed by atoms with Crippen molar-refractivity contribution in [3.8, 4) is 0 Å². The topological polar surface area (TPSA) is 127 Å². The van der Waals surface area contributed by atoms with Crippen molar-refractivity contribution >= 4 is 44.9 Å². The summed E-state index contributed by atoms with van der Waals surface area (Å²) in [5.74, 6) is 0.443. The molecule has 0 saturated heterocycles. The van der Waals surface area contributed by atoms with Crippen molar-refractivity contribution in [2.45, 2.75) is 4.90 Å². The maximum atomic E-state index is 12.8. The Morgan fingerprint density at radius 2 is 1.89 bits per heavy atom. The van der Waals surface area contributed by atoms with E-state index in [1.807, 2.05) is 0 Å². The average molecular weight is 421 g/mol. The normalized spacial score (nSPS) is 11.5. The molecule has 3 rings (SSSR count). The quantitative estimate of drug-likeness (QED) is 0.336. The molecule has 0 aliphatic heterocycles. The molecule has 2 aromatic carbocycles. The Bertz CT molecular complexity index is 1110. The summed E-state index contributed by atoms with van der Waals surface area (Å²) in [5, 5.41) is 15.4. The predicted octanol–water partition coefficient (Wildman–Crippen LogP) is 4.09. The molecule has 0 fully saturated rings. The number of furan rings is 1. The molecule has 0 aliphatic carbocycles. The number of nitrogens with one attached hydrogen (secondary N) is 2. The fraction of sp³-hybridized carbons (Fsp3) is 0. The number of halogens is 1. The third-order valence-corrected chi connectivity index (χ3v) is 5.16. The van der Waals surface area contributed by atoms with Crippen LogP contribution in [0.25, 0.3) is 0 Å².